The lowest BCUT2D eigenvalue weighted by Crippen LogP contribution is -2.37. The van der Waals surface area contributed by atoms with Gasteiger partial charge in [0.1, 0.15) is 6.54 Å². The molecule has 0 radical (unpaired) electrons. The Morgan fingerprint density at radius 1 is 0.897 bits per heavy atom. The molecule has 11 heteroatoms. The van der Waals surface area contributed by atoms with Gasteiger partial charge in [0.05, 0.1) is 11.1 Å². The average Bonchev–Trinajstić information content (AvgIpc) is 2.87. The number of halogens is 4. The summed E-state index contributed by atoms with van der Waals surface area (Å²) in [5, 5.41) is 4.10. The third kappa shape index (κ3) is 4.45. The summed E-state index contributed by atoms with van der Waals surface area (Å²) in [5.41, 5.74) is 0.466. The minimum absolute atomic E-state index is 0.115. The van der Waals surface area contributed by atoms with Gasteiger partial charge in [-0.3, -0.25) is 24.1 Å². The molecule has 4 amide bonds. The van der Waals surface area contributed by atoms with Crippen LogP contribution in [0, 0.1) is 0 Å². The Morgan fingerprint density at radius 2 is 1.45 bits per heavy atom. The molecule has 1 aliphatic heterocycles. The van der Waals surface area contributed by atoms with Crippen molar-refractivity contribution in [3.8, 4) is 0 Å². The molecular formula is C18H11BrF3N3O4. The highest BCUT2D eigenvalue weighted by Gasteiger charge is 2.39. The Balaban J connectivity index is 1.62. The van der Waals surface area contributed by atoms with Gasteiger partial charge >= 0.3 is 12.1 Å². The van der Waals surface area contributed by atoms with Crippen LogP contribution in [0.15, 0.2) is 46.9 Å². The number of anilines is 2. The zero-order valence-electron chi connectivity index (χ0n) is 14.3. The first-order valence-electron chi connectivity index (χ1n) is 8.00. The van der Waals surface area contributed by atoms with E-state index < -0.39 is 36.3 Å². The molecule has 0 fully saturated rings. The molecule has 2 aromatic carbocycles. The smallest absolute Gasteiger partial charge is 0.325 e. The summed E-state index contributed by atoms with van der Waals surface area (Å²) in [6.07, 6.45) is -5.02. The Labute approximate surface area is 170 Å². The van der Waals surface area contributed by atoms with Gasteiger partial charge < -0.3 is 10.6 Å². The van der Waals surface area contributed by atoms with Gasteiger partial charge in [0.25, 0.3) is 11.8 Å². The third-order valence-corrected chi connectivity index (χ3v) is 4.41. The SMILES string of the molecule is O=C(CN1C(=O)c2ccc(Br)cc2C1=O)Nc1ccc(NC(=O)C(F)(F)F)cc1. The fourth-order valence-electron chi connectivity index (χ4n) is 2.59. The lowest BCUT2D eigenvalue weighted by Gasteiger charge is -2.14. The minimum Gasteiger partial charge on any atom is -0.325 e. The molecule has 0 unspecified atom stereocenters. The van der Waals surface area contributed by atoms with Crippen molar-refractivity contribution in [3.05, 3.63) is 58.1 Å². The van der Waals surface area contributed by atoms with Crippen molar-refractivity contribution in [1.82, 2.24) is 4.90 Å². The summed E-state index contributed by atoms with van der Waals surface area (Å²) < 4.78 is 37.3. The van der Waals surface area contributed by atoms with Crippen LogP contribution in [-0.2, 0) is 9.59 Å². The third-order valence-electron chi connectivity index (χ3n) is 3.92. The van der Waals surface area contributed by atoms with Gasteiger partial charge in [0, 0.05) is 15.8 Å². The standard InChI is InChI=1S/C18H11BrF3N3O4/c19-9-1-6-12-13(7-9)16(28)25(15(12)27)8-14(26)23-10-2-4-11(5-3-10)24-17(29)18(20,21)22/h1-7H,8H2,(H,23,26)(H,24,29). The van der Waals surface area contributed by atoms with Crippen LogP contribution in [0.1, 0.15) is 20.7 Å². The Morgan fingerprint density at radius 3 is 2.03 bits per heavy atom. The van der Waals surface area contributed by atoms with Crippen molar-refractivity contribution in [2.75, 3.05) is 17.2 Å². The van der Waals surface area contributed by atoms with E-state index in [0.717, 1.165) is 4.90 Å². The molecule has 2 N–H and O–H groups in total. The summed E-state index contributed by atoms with van der Waals surface area (Å²) >= 11 is 3.21. The fraction of sp³-hybridized carbons (Fsp3) is 0.111. The average molecular weight is 470 g/mol. The van der Waals surface area contributed by atoms with E-state index in [9.17, 15) is 32.3 Å². The highest BCUT2D eigenvalue weighted by Crippen LogP contribution is 2.26. The molecule has 1 aliphatic rings. The number of nitrogens with zero attached hydrogens (tertiary/aromatic N) is 1. The number of carbonyl (C=O) groups is 4. The van der Waals surface area contributed by atoms with Crippen LogP contribution >= 0.6 is 15.9 Å². The number of amides is 4. The van der Waals surface area contributed by atoms with Gasteiger partial charge in [0.15, 0.2) is 0 Å². The first-order valence-corrected chi connectivity index (χ1v) is 8.79. The zero-order chi connectivity index (χ0) is 21.3. The number of carbonyl (C=O) groups excluding carboxylic acids is 4. The summed E-state index contributed by atoms with van der Waals surface area (Å²) in [7, 11) is 0. The molecule has 29 heavy (non-hydrogen) atoms. The van der Waals surface area contributed by atoms with Crippen LogP contribution in [-0.4, -0.2) is 41.2 Å². The quantitative estimate of drug-likeness (QED) is 0.672. The van der Waals surface area contributed by atoms with E-state index >= 15 is 0 Å². The Kier molecular flexibility index (Phi) is 5.42. The number of hydrogen-bond acceptors (Lipinski definition) is 4. The van der Waals surface area contributed by atoms with Gasteiger partial charge in [0.2, 0.25) is 5.91 Å². The molecule has 0 atom stereocenters. The predicted molar refractivity (Wildman–Crippen MR) is 99.3 cm³/mol. The summed E-state index contributed by atoms with van der Waals surface area (Å²) in [6.45, 7) is -0.531. The topological polar surface area (TPSA) is 95.6 Å². The molecule has 0 saturated carbocycles. The number of fused-ring (bicyclic) bond motifs is 1. The molecule has 0 aromatic heterocycles. The highest BCUT2D eigenvalue weighted by atomic mass is 79.9. The number of alkyl halides is 3. The highest BCUT2D eigenvalue weighted by molar-refractivity contribution is 9.10. The zero-order valence-corrected chi connectivity index (χ0v) is 15.9. The van der Waals surface area contributed by atoms with Gasteiger partial charge in [-0.15, -0.1) is 0 Å². The second-order valence-corrected chi connectivity index (χ2v) is 6.88. The van der Waals surface area contributed by atoms with Gasteiger partial charge in [-0.1, -0.05) is 15.9 Å². The molecule has 0 bridgehead atoms. The van der Waals surface area contributed by atoms with Crippen LogP contribution < -0.4 is 10.6 Å². The lowest BCUT2D eigenvalue weighted by atomic mass is 10.1. The summed E-state index contributed by atoms with van der Waals surface area (Å²) in [4.78, 5) is 48.5. The predicted octanol–water partition coefficient (Wildman–Crippen LogP) is 3.18. The number of benzene rings is 2. The molecular weight excluding hydrogens is 459 g/mol. The number of rotatable bonds is 4. The Bertz CT molecular complexity index is 1020. The normalized spacial score (nSPS) is 13.3. The summed E-state index contributed by atoms with van der Waals surface area (Å²) in [5.74, 6) is -4.00. The number of nitrogens with one attached hydrogen (secondary N) is 2. The summed E-state index contributed by atoms with van der Waals surface area (Å²) in [6, 6.07) is 9.43. The maximum absolute atomic E-state index is 12.3. The molecule has 3 rings (SSSR count). The van der Waals surface area contributed by atoms with Crippen molar-refractivity contribution in [1.29, 1.82) is 0 Å². The van der Waals surface area contributed by atoms with Crippen molar-refractivity contribution < 1.29 is 32.3 Å². The first-order chi connectivity index (χ1) is 13.6. The van der Waals surface area contributed by atoms with Gasteiger partial charge in [-0.2, -0.15) is 13.2 Å². The molecule has 0 aliphatic carbocycles. The molecule has 7 nitrogen and oxygen atoms in total. The second kappa shape index (κ2) is 7.66. The van der Waals surface area contributed by atoms with Crippen LogP contribution in [0.25, 0.3) is 0 Å². The van der Waals surface area contributed by atoms with E-state index in [0.29, 0.717) is 4.47 Å². The minimum atomic E-state index is -5.02. The van der Waals surface area contributed by atoms with E-state index in [4.69, 9.17) is 0 Å². The first kappa shape index (κ1) is 20.5. The van der Waals surface area contributed by atoms with Crippen LogP contribution in [0.4, 0.5) is 24.5 Å². The van der Waals surface area contributed by atoms with Crippen LogP contribution in [0.3, 0.4) is 0 Å². The van der Waals surface area contributed by atoms with Crippen molar-refractivity contribution in [2.24, 2.45) is 0 Å². The number of imide groups is 1. The van der Waals surface area contributed by atoms with Crippen LogP contribution in [0.5, 0.6) is 0 Å². The van der Waals surface area contributed by atoms with Crippen molar-refractivity contribution in [2.45, 2.75) is 6.18 Å². The van der Waals surface area contributed by atoms with Gasteiger partial charge in [-0.05, 0) is 42.5 Å². The maximum atomic E-state index is 12.3. The fourth-order valence-corrected chi connectivity index (χ4v) is 2.95. The molecule has 150 valence electrons. The largest absolute Gasteiger partial charge is 0.471 e. The van der Waals surface area contributed by atoms with E-state index in [2.05, 4.69) is 21.2 Å². The molecule has 0 saturated heterocycles. The van der Waals surface area contributed by atoms with Crippen LogP contribution in [0.2, 0.25) is 0 Å². The monoisotopic (exact) mass is 469 g/mol. The maximum Gasteiger partial charge on any atom is 0.471 e. The van der Waals surface area contributed by atoms with Gasteiger partial charge in [-0.25, -0.2) is 0 Å². The second-order valence-electron chi connectivity index (χ2n) is 5.96. The number of hydrogen-bond donors (Lipinski definition) is 2. The molecule has 2 aromatic rings. The lowest BCUT2D eigenvalue weighted by molar-refractivity contribution is -0.167. The molecule has 1 heterocycles. The van der Waals surface area contributed by atoms with Crippen molar-refractivity contribution in [3.63, 3.8) is 0 Å². The van der Waals surface area contributed by atoms with E-state index in [1.54, 1.807) is 11.4 Å². The Hall–Kier alpha value is -3.21. The van der Waals surface area contributed by atoms with Crippen molar-refractivity contribution >= 4 is 50.9 Å². The van der Waals surface area contributed by atoms with E-state index in [-0.39, 0.29) is 22.5 Å². The molecule has 0 spiro atoms. The van der Waals surface area contributed by atoms with E-state index in [1.807, 2.05) is 0 Å². The van der Waals surface area contributed by atoms with E-state index in [1.165, 1.54) is 36.4 Å².